The van der Waals surface area contributed by atoms with Gasteiger partial charge in [0.25, 0.3) is 0 Å². The van der Waals surface area contributed by atoms with Crippen LogP contribution in [-0.4, -0.2) is 24.4 Å². The molecule has 0 radical (unpaired) electrons. The van der Waals surface area contributed by atoms with E-state index >= 15 is 0 Å². The third-order valence-electron chi connectivity index (χ3n) is 2.29. The minimum atomic E-state index is -0.551. The fourth-order valence-corrected chi connectivity index (χ4v) is 1.33. The fraction of sp³-hybridized carbons (Fsp3) is 0.462. The second-order valence-corrected chi connectivity index (χ2v) is 4.82. The summed E-state index contributed by atoms with van der Waals surface area (Å²) in [5.41, 5.74) is 1.12. The topological polar surface area (TPSA) is 58.6 Å². The Bertz CT molecular complexity index is 382. The van der Waals surface area contributed by atoms with Gasteiger partial charge in [0.2, 0.25) is 0 Å². The van der Waals surface area contributed by atoms with Gasteiger partial charge >= 0.3 is 6.09 Å². The van der Waals surface area contributed by atoms with E-state index in [0.29, 0.717) is 5.75 Å². The van der Waals surface area contributed by atoms with Crippen molar-refractivity contribution in [1.82, 2.24) is 5.32 Å². The molecule has 4 nitrogen and oxygen atoms in total. The van der Waals surface area contributed by atoms with Gasteiger partial charge in [-0.25, -0.2) is 4.79 Å². The zero-order valence-electron chi connectivity index (χ0n) is 10.5. The Kier molecular flexibility index (Phi) is 4.52. The summed E-state index contributed by atoms with van der Waals surface area (Å²) in [4.78, 5) is 11.3. The standard InChI is InChI=1S/C13H19NO3/c1-13(2,3)10-5-4-6-11(9-10)17-12(16)14-7-8-15/h4-6,9,15H,7-8H2,1-3H3,(H,14,16). The van der Waals surface area contributed by atoms with Crippen LogP contribution in [0.4, 0.5) is 4.79 Å². The van der Waals surface area contributed by atoms with Gasteiger partial charge in [-0.05, 0) is 23.1 Å². The lowest BCUT2D eigenvalue weighted by Crippen LogP contribution is -2.29. The molecule has 17 heavy (non-hydrogen) atoms. The van der Waals surface area contributed by atoms with Crippen molar-refractivity contribution in [3.63, 3.8) is 0 Å². The molecule has 1 rings (SSSR count). The molecule has 0 aromatic heterocycles. The van der Waals surface area contributed by atoms with Gasteiger partial charge in [0.15, 0.2) is 0 Å². The zero-order chi connectivity index (χ0) is 12.9. The molecule has 0 bridgehead atoms. The maximum atomic E-state index is 11.3. The highest BCUT2D eigenvalue weighted by molar-refractivity contribution is 5.70. The smallest absolute Gasteiger partial charge is 0.410 e. The van der Waals surface area contributed by atoms with Crippen molar-refractivity contribution < 1.29 is 14.6 Å². The first-order valence-corrected chi connectivity index (χ1v) is 5.60. The Labute approximate surface area is 102 Å². The summed E-state index contributed by atoms with van der Waals surface area (Å²) in [6, 6.07) is 7.43. The van der Waals surface area contributed by atoms with Crippen molar-refractivity contribution in [3.8, 4) is 5.75 Å². The first kappa shape index (κ1) is 13.5. The molecule has 1 aromatic carbocycles. The molecule has 1 aromatic rings. The normalized spacial score (nSPS) is 11.1. The Hall–Kier alpha value is -1.55. The van der Waals surface area contributed by atoms with Gasteiger partial charge in [0.05, 0.1) is 6.61 Å². The predicted octanol–water partition coefficient (Wildman–Crippen LogP) is 2.06. The molecular weight excluding hydrogens is 218 g/mol. The van der Waals surface area contributed by atoms with Gasteiger partial charge in [-0.15, -0.1) is 0 Å². The van der Waals surface area contributed by atoms with E-state index in [1.54, 1.807) is 6.07 Å². The maximum absolute atomic E-state index is 11.3. The number of benzene rings is 1. The highest BCUT2D eigenvalue weighted by Crippen LogP contribution is 2.25. The van der Waals surface area contributed by atoms with Gasteiger partial charge in [-0.1, -0.05) is 32.9 Å². The number of rotatable bonds is 3. The van der Waals surface area contributed by atoms with Gasteiger partial charge in [0, 0.05) is 6.54 Å². The Morgan fingerprint density at radius 2 is 2.12 bits per heavy atom. The lowest BCUT2D eigenvalue weighted by molar-refractivity contribution is 0.195. The molecule has 0 aliphatic carbocycles. The minimum absolute atomic E-state index is 0.0148. The average molecular weight is 237 g/mol. The molecule has 0 aliphatic heterocycles. The third-order valence-corrected chi connectivity index (χ3v) is 2.29. The largest absolute Gasteiger partial charge is 0.412 e. The van der Waals surface area contributed by atoms with Crippen molar-refractivity contribution in [2.45, 2.75) is 26.2 Å². The third kappa shape index (κ3) is 4.44. The van der Waals surface area contributed by atoms with Crippen LogP contribution in [0.15, 0.2) is 24.3 Å². The molecule has 4 heteroatoms. The molecule has 2 N–H and O–H groups in total. The van der Waals surface area contributed by atoms with Crippen molar-refractivity contribution in [2.24, 2.45) is 0 Å². The van der Waals surface area contributed by atoms with Crippen molar-refractivity contribution in [3.05, 3.63) is 29.8 Å². The van der Waals surface area contributed by atoms with E-state index in [0.717, 1.165) is 5.56 Å². The number of hydrogen-bond donors (Lipinski definition) is 2. The molecule has 0 spiro atoms. The number of nitrogens with one attached hydrogen (secondary N) is 1. The van der Waals surface area contributed by atoms with E-state index in [9.17, 15) is 4.79 Å². The predicted molar refractivity (Wildman–Crippen MR) is 66.3 cm³/mol. The molecule has 0 unspecified atom stereocenters. The van der Waals surface area contributed by atoms with Crippen LogP contribution in [0.5, 0.6) is 5.75 Å². The number of carbonyl (C=O) groups excluding carboxylic acids is 1. The number of carbonyl (C=O) groups is 1. The quantitative estimate of drug-likeness (QED) is 0.846. The van der Waals surface area contributed by atoms with E-state index in [1.807, 2.05) is 18.2 Å². The molecular formula is C13H19NO3. The van der Waals surface area contributed by atoms with Crippen LogP contribution in [0.1, 0.15) is 26.3 Å². The van der Waals surface area contributed by atoms with Crippen molar-refractivity contribution in [2.75, 3.05) is 13.2 Å². The Morgan fingerprint density at radius 3 is 2.71 bits per heavy atom. The molecule has 0 atom stereocenters. The molecule has 0 saturated carbocycles. The highest BCUT2D eigenvalue weighted by atomic mass is 16.6. The average Bonchev–Trinajstić information content (AvgIpc) is 2.25. The van der Waals surface area contributed by atoms with Crippen LogP contribution in [0.25, 0.3) is 0 Å². The second-order valence-electron chi connectivity index (χ2n) is 4.82. The number of aliphatic hydroxyl groups is 1. The highest BCUT2D eigenvalue weighted by Gasteiger charge is 2.14. The summed E-state index contributed by atoms with van der Waals surface area (Å²) in [6.45, 7) is 6.38. The van der Waals surface area contributed by atoms with E-state index < -0.39 is 6.09 Å². The molecule has 0 heterocycles. The second kappa shape index (κ2) is 5.68. The molecule has 0 aliphatic rings. The van der Waals surface area contributed by atoms with E-state index in [2.05, 4.69) is 26.1 Å². The SMILES string of the molecule is CC(C)(C)c1cccc(OC(=O)NCCO)c1. The molecule has 94 valence electrons. The monoisotopic (exact) mass is 237 g/mol. The summed E-state index contributed by atoms with van der Waals surface area (Å²) in [5, 5.41) is 11.0. The fourth-order valence-electron chi connectivity index (χ4n) is 1.33. The molecule has 0 fully saturated rings. The molecule has 0 saturated heterocycles. The van der Waals surface area contributed by atoms with Gasteiger partial charge in [-0.2, -0.15) is 0 Å². The van der Waals surface area contributed by atoms with Crippen LogP contribution in [-0.2, 0) is 5.41 Å². The van der Waals surface area contributed by atoms with Gasteiger partial charge < -0.3 is 15.2 Å². The summed E-state index contributed by atoms with van der Waals surface area (Å²) in [7, 11) is 0. The summed E-state index contributed by atoms with van der Waals surface area (Å²) >= 11 is 0. The summed E-state index contributed by atoms with van der Waals surface area (Å²) in [5.74, 6) is 0.507. The van der Waals surface area contributed by atoms with Crippen LogP contribution >= 0.6 is 0 Å². The maximum Gasteiger partial charge on any atom is 0.412 e. The summed E-state index contributed by atoms with van der Waals surface area (Å²) in [6.07, 6.45) is -0.551. The van der Waals surface area contributed by atoms with Crippen LogP contribution in [0.2, 0.25) is 0 Å². The summed E-state index contributed by atoms with van der Waals surface area (Å²) < 4.78 is 5.09. The van der Waals surface area contributed by atoms with E-state index in [-0.39, 0.29) is 18.6 Å². The molecule has 1 amide bonds. The number of amides is 1. The number of aliphatic hydroxyl groups excluding tert-OH is 1. The lowest BCUT2D eigenvalue weighted by Gasteiger charge is -2.19. The van der Waals surface area contributed by atoms with Gasteiger partial charge in [-0.3, -0.25) is 0 Å². The van der Waals surface area contributed by atoms with Crippen LogP contribution in [0.3, 0.4) is 0 Å². The Balaban J connectivity index is 2.69. The zero-order valence-corrected chi connectivity index (χ0v) is 10.5. The van der Waals surface area contributed by atoms with E-state index in [1.165, 1.54) is 0 Å². The first-order valence-electron chi connectivity index (χ1n) is 5.60. The number of hydrogen-bond acceptors (Lipinski definition) is 3. The van der Waals surface area contributed by atoms with Gasteiger partial charge in [0.1, 0.15) is 5.75 Å². The first-order chi connectivity index (χ1) is 7.93. The van der Waals surface area contributed by atoms with E-state index in [4.69, 9.17) is 9.84 Å². The minimum Gasteiger partial charge on any atom is -0.410 e. The lowest BCUT2D eigenvalue weighted by atomic mass is 9.87. The van der Waals surface area contributed by atoms with Crippen LogP contribution in [0, 0.1) is 0 Å². The van der Waals surface area contributed by atoms with Crippen molar-refractivity contribution in [1.29, 1.82) is 0 Å². The van der Waals surface area contributed by atoms with Crippen LogP contribution < -0.4 is 10.1 Å². The Morgan fingerprint density at radius 1 is 1.41 bits per heavy atom. The van der Waals surface area contributed by atoms with Crippen molar-refractivity contribution >= 4 is 6.09 Å². The number of ether oxygens (including phenoxy) is 1.